The van der Waals surface area contributed by atoms with Crippen LogP contribution in [0, 0.1) is 0 Å². The predicted molar refractivity (Wildman–Crippen MR) is 166 cm³/mol. The van der Waals surface area contributed by atoms with Gasteiger partial charge in [-0.05, 0) is 57.9 Å². The van der Waals surface area contributed by atoms with Crippen molar-refractivity contribution in [3.63, 3.8) is 0 Å². The zero-order valence-corrected chi connectivity index (χ0v) is 21.8. The average molecular weight is 528 g/mol. The lowest BCUT2D eigenvalue weighted by Gasteiger charge is -2.26. The highest BCUT2D eigenvalue weighted by molar-refractivity contribution is 6.16. The van der Waals surface area contributed by atoms with Crippen LogP contribution in [0.2, 0.25) is 0 Å². The van der Waals surface area contributed by atoms with Crippen LogP contribution in [0.3, 0.4) is 0 Å². The number of anilines is 3. The standard InChI is InChI=1S/C36H21N3O2/c1-2-7-25-22(6-1)12-13-23-14-15-24(18-27(23)25)39(30-9-5-11-34-35(30)29-20-37-17-16-33(29)40-34)31-21-38-19-28-26-8-3-4-10-32(26)41-36(28)31/h1-21H. The number of rotatable bonds is 3. The molecule has 0 unspecified atom stereocenters. The van der Waals surface area contributed by atoms with Crippen LogP contribution >= 0.6 is 0 Å². The van der Waals surface area contributed by atoms with Gasteiger partial charge >= 0.3 is 0 Å². The van der Waals surface area contributed by atoms with E-state index in [1.165, 1.54) is 21.5 Å². The van der Waals surface area contributed by atoms with Gasteiger partial charge in [-0.3, -0.25) is 9.97 Å². The number of pyridine rings is 2. The summed E-state index contributed by atoms with van der Waals surface area (Å²) in [7, 11) is 0. The molecule has 0 aliphatic heterocycles. The molecule has 9 rings (SSSR count). The molecule has 0 atom stereocenters. The molecular weight excluding hydrogens is 506 g/mol. The van der Waals surface area contributed by atoms with Gasteiger partial charge in [-0.15, -0.1) is 0 Å². The first-order valence-electron chi connectivity index (χ1n) is 13.6. The van der Waals surface area contributed by atoms with Crippen LogP contribution in [0.4, 0.5) is 17.1 Å². The van der Waals surface area contributed by atoms with Crippen molar-refractivity contribution in [2.45, 2.75) is 0 Å². The fourth-order valence-electron chi connectivity index (χ4n) is 6.16. The molecule has 4 heterocycles. The van der Waals surface area contributed by atoms with Crippen LogP contribution < -0.4 is 4.90 Å². The number of aromatic nitrogens is 2. The van der Waals surface area contributed by atoms with E-state index in [0.717, 1.165) is 60.9 Å². The van der Waals surface area contributed by atoms with Gasteiger partial charge in [0.1, 0.15) is 22.4 Å². The largest absolute Gasteiger partial charge is 0.456 e. The fraction of sp³-hybridized carbons (Fsp3) is 0. The summed E-state index contributed by atoms with van der Waals surface area (Å²) in [4.78, 5) is 11.4. The minimum absolute atomic E-state index is 0.780. The van der Waals surface area contributed by atoms with E-state index in [-0.39, 0.29) is 0 Å². The van der Waals surface area contributed by atoms with Gasteiger partial charge in [-0.2, -0.15) is 0 Å². The lowest BCUT2D eigenvalue weighted by atomic mass is 10.0. The van der Waals surface area contributed by atoms with Crippen molar-refractivity contribution in [2.24, 2.45) is 0 Å². The summed E-state index contributed by atoms with van der Waals surface area (Å²) in [6, 6.07) is 35.7. The number of benzene rings is 5. The number of fused-ring (bicyclic) bond motifs is 9. The molecular formula is C36H21N3O2. The minimum Gasteiger partial charge on any atom is -0.456 e. The molecule has 41 heavy (non-hydrogen) atoms. The van der Waals surface area contributed by atoms with Crippen molar-refractivity contribution in [1.82, 2.24) is 9.97 Å². The molecule has 0 radical (unpaired) electrons. The van der Waals surface area contributed by atoms with Gasteiger partial charge in [0, 0.05) is 40.4 Å². The first-order valence-corrected chi connectivity index (χ1v) is 13.6. The third-order valence-electron chi connectivity index (χ3n) is 8.01. The van der Waals surface area contributed by atoms with Crippen molar-refractivity contribution >= 4 is 82.5 Å². The second kappa shape index (κ2) is 8.41. The maximum Gasteiger partial charge on any atom is 0.162 e. The SMILES string of the molecule is c1ccc2c(c1)ccc1ccc(N(c3cncc4c3oc3ccccc34)c3cccc4oc5ccncc5c34)cc12. The van der Waals surface area contributed by atoms with Crippen LogP contribution in [0.25, 0.3) is 65.4 Å². The highest BCUT2D eigenvalue weighted by atomic mass is 16.3. The Labute approximate surface area is 233 Å². The van der Waals surface area contributed by atoms with E-state index in [1.807, 2.05) is 55.0 Å². The summed E-state index contributed by atoms with van der Waals surface area (Å²) in [5, 5.41) is 8.74. The number of nitrogens with zero attached hydrogens (tertiary/aromatic N) is 3. The highest BCUT2D eigenvalue weighted by Gasteiger charge is 2.24. The lowest BCUT2D eigenvalue weighted by molar-refractivity contribution is 0.667. The highest BCUT2D eigenvalue weighted by Crippen LogP contribution is 2.46. The Kier molecular flexibility index (Phi) is 4.55. The van der Waals surface area contributed by atoms with E-state index in [4.69, 9.17) is 13.8 Å². The summed E-state index contributed by atoms with van der Waals surface area (Å²) < 4.78 is 12.8. The minimum atomic E-state index is 0.780. The van der Waals surface area contributed by atoms with Crippen LogP contribution in [-0.4, -0.2) is 9.97 Å². The van der Waals surface area contributed by atoms with Gasteiger partial charge in [0.2, 0.25) is 0 Å². The van der Waals surface area contributed by atoms with Gasteiger partial charge in [0.05, 0.1) is 17.3 Å². The quantitative estimate of drug-likeness (QED) is 0.214. The first kappa shape index (κ1) is 22.2. The van der Waals surface area contributed by atoms with Gasteiger partial charge in [-0.1, -0.05) is 66.7 Å². The third kappa shape index (κ3) is 3.23. The number of para-hydroxylation sites is 1. The van der Waals surface area contributed by atoms with Crippen molar-refractivity contribution in [1.29, 1.82) is 0 Å². The third-order valence-corrected chi connectivity index (χ3v) is 8.01. The summed E-state index contributed by atoms with van der Waals surface area (Å²) in [5.74, 6) is 0. The van der Waals surface area contributed by atoms with Crippen LogP contribution in [0.1, 0.15) is 0 Å². The lowest BCUT2D eigenvalue weighted by Crippen LogP contribution is -2.11. The van der Waals surface area contributed by atoms with Crippen LogP contribution in [-0.2, 0) is 0 Å². The average Bonchev–Trinajstić information content (AvgIpc) is 3.61. The zero-order valence-electron chi connectivity index (χ0n) is 21.8. The van der Waals surface area contributed by atoms with Gasteiger partial charge in [0.15, 0.2) is 5.58 Å². The van der Waals surface area contributed by atoms with Crippen molar-refractivity contribution in [3.8, 4) is 0 Å². The van der Waals surface area contributed by atoms with Crippen LogP contribution in [0.15, 0.2) is 137 Å². The molecule has 0 fully saturated rings. The topological polar surface area (TPSA) is 55.3 Å². The molecule has 0 spiro atoms. The summed E-state index contributed by atoms with van der Waals surface area (Å²) in [6.45, 7) is 0. The zero-order chi connectivity index (χ0) is 26.9. The predicted octanol–water partition coefficient (Wildman–Crippen LogP) is 10.1. The molecule has 192 valence electrons. The molecule has 0 saturated heterocycles. The van der Waals surface area contributed by atoms with Crippen LogP contribution in [0.5, 0.6) is 0 Å². The van der Waals surface area contributed by atoms with E-state index in [1.54, 1.807) is 6.20 Å². The Bertz CT molecular complexity index is 2450. The number of hydrogen-bond acceptors (Lipinski definition) is 5. The Morgan fingerprint density at radius 2 is 1.24 bits per heavy atom. The Morgan fingerprint density at radius 1 is 0.488 bits per heavy atom. The molecule has 0 aliphatic carbocycles. The maximum atomic E-state index is 6.53. The smallest absolute Gasteiger partial charge is 0.162 e. The van der Waals surface area contributed by atoms with E-state index in [2.05, 4.69) is 76.6 Å². The second-order valence-corrected chi connectivity index (χ2v) is 10.3. The number of furan rings is 2. The van der Waals surface area contributed by atoms with E-state index in [9.17, 15) is 0 Å². The Morgan fingerprint density at radius 3 is 2.20 bits per heavy atom. The Balaban J connectivity index is 1.41. The van der Waals surface area contributed by atoms with E-state index < -0.39 is 0 Å². The molecule has 5 heteroatoms. The molecule has 5 nitrogen and oxygen atoms in total. The summed E-state index contributed by atoms with van der Waals surface area (Å²) in [5.41, 5.74) is 6.01. The van der Waals surface area contributed by atoms with Crippen molar-refractivity contribution < 1.29 is 8.83 Å². The summed E-state index contributed by atoms with van der Waals surface area (Å²) >= 11 is 0. The summed E-state index contributed by atoms with van der Waals surface area (Å²) in [6.07, 6.45) is 7.40. The fourth-order valence-corrected chi connectivity index (χ4v) is 6.16. The molecule has 5 aromatic carbocycles. The molecule has 9 aromatic rings. The van der Waals surface area contributed by atoms with E-state index in [0.29, 0.717) is 0 Å². The normalized spacial score (nSPS) is 11.9. The molecule has 0 saturated carbocycles. The van der Waals surface area contributed by atoms with Crippen molar-refractivity contribution in [2.75, 3.05) is 4.90 Å². The molecule has 0 amide bonds. The maximum absolute atomic E-state index is 6.53. The molecule has 0 N–H and O–H groups in total. The molecule has 0 aliphatic rings. The van der Waals surface area contributed by atoms with Crippen molar-refractivity contribution in [3.05, 3.63) is 128 Å². The Hall–Kier alpha value is -5.68. The van der Waals surface area contributed by atoms with Gasteiger partial charge in [0.25, 0.3) is 0 Å². The number of hydrogen-bond donors (Lipinski definition) is 0. The van der Waals surface area contributed by atoms with Gasteiger partial charge < -0.3 is 13.7 Å². The van der Waals surface area contributed by atoms with Gasteiger partial charge in [-0.25, -0.2) is 0 Å². The molecule has 0 bridgehead atoms. The second-order valence-electron chi connectivity index (χ2n) is 10.3. The monoisotopic (exact) mass is 527 g/mol. The van der Waals surface area contributed by atoms with E-state index >= 15 is 0 Å². The first-order chi connectivity index (χ1) is 20.3. The molecule has 4 aromatic heterocycles.